The summed E-state index contributed by atoms with van der Waals surface area (Å²) in [5.74, 6) is 0. The smallest absolute Gasteiger partial charge is 0.0526 e. The van der Waals surface area contributed by atoms with E-state index in [9.17, 15) is 0 Å². The molecule has 0 aliphatic carbocycles. The lowest BCUT2D eigenvalue weighted by atomic mass is 10.1. The van der Waals surface area contributed by atoms with Gasteiger partial charge in [-0.25, -0.2) is 0 Å². The molecule has 1 aromatic heterocycles. The van der Waals surface area contributed by atoms with E-state index in [1.165, 1.54) is 21.0 Å². The minimum absolute atomic E-state index is 0.589. The van der Waals surface area contributed by atoms with Gasteiger partial charge < -0.3 is 10.6 Å². The molecule has 1 aromatic carbocycles. The van der Waals surface area contributed by atoms with Gasteiger partial charge in [0.05, 0.1) is 6.54 Å². The van der Waals surface area contributed by atoms with Gasteiger partial charge in [0.2, 0.25) is 0 Å². The average Bonchev–Trinajstić information content (AvgIpc) is 2.96. The van der Waals surface area contributed by atoms with Crippen molar-refractivity contribution in [1.82, 2.24) is 0 Å². The minimum atomic E-state index is 0.589. The third-order valence-corrected chi connectivity index (χ3v) is 4.69. The van der Waals surface area contributed by atoms with Crippen molar-refractivity contribution in [2.45, 2.75) is 32.5 Å². The Hall–Kier alpha value is -1.32. The molecule has 1 aliphatic rings. The lowest BCUT2D eigenvalue weighted by Crippen LogP contribution is -2.28. The van der Waals surface area contributed by atoms with Crippen LogP contribution >= 0.6 is 11.3 Å². The Morgan fingerprint density at radius 2 is 2.00 bits per heavy atom. The highest BCUT2D eigenvalue weighted by Gasteiger charge is 2.25. The number of hydrogen-bond acceptors (Lipinski definition) is 3. The molecule has 0 spiro atoms. The van der Waals surface area contributed by atoms with Gasteiger partial charge in [-0.2, -0.15) is 0 Å². The summed E-state index contributed by atoms with van der Waals surface area (Å²) in [6, 6.07) is 13.7. The molecular formula is C15H18N2S. The van der Waals surface area contributed by atoms with Gasteiger partial charge in [0.1, 0.15) is 0 Å². The number of anilines is 1. The second-order valence-corrected chi connectivity index (χ2v) is 6.13. The first-order chi connectivity index (χ1) is 8.78. The van der Waals surface area contributed by atoms with Gasteiger partial charge in [-0.1, -0.05) is 18.2 Å². The van der Waals surface area contributed by atoms with Crippen molar-refractivity contribution in [3.05, 3.63) is 51.7 Å². The van der Waals surface area contributed by atoms with Crippen molar-refractivity contribution < 1.29 is 0 Å². The Kier molecular flexibility index (Phi) is 3.10. The maximum atomic E-state index is 5.67. The molecule has 2 aromatic rings. The first kappa shape index (κ1) is 11.8. The fourth-order valence-corrected chi connectivity index (χ4v) is 3.55. The Morgan fingerprint density at radius 3 is 2.78 bits per heavy atom. The molecule has 0 bridgehead atoms. The predicted octanol–water partition coefficient (Wildman–Crippen LogP) is 3.16. The van der Waals surface area contributed by atoms with Gasteiger partial charge in [0, 0.05) is 28.0 Å². The second kappa shape index (κ2) is 4.75. The summed E-state index contributed by atoms with van der Waals surface area (Å²) in [6.07, 6.45) is 1.16. The zero-order chi connectivity index (χ0) is 12.5. The normalized spacial score (nSPS) is 18.1. The van der Waals surface area contributed by atoms with Gasteiger partial charge in [0.15, 0.2) is 0 Å². The summed E-state index contributed by atoms with van der Waals surface area (Å²) in [5, 5.41) is 0. The summed E-state index contributed by atoms with van der Waals surface area (Å²) in [5.41, 5.74) is 8.54. The van der Waals surface area contributed by atoms with Crippen LogP contribution in [0, 0.1) is 0 Å². The highest BCUT2D eigenvalue weighted by atomic mass is 32.1. The lowest BCUT2D eigenvalue weighted by molar-refractivity contribution is 0.676. The number of fused-ring (bicyclic) bond motifs is 1. The molecule has 3 rings (SSSR count). The van der Waals surface area contributed by atoms with E-state index >= 15 is 0 Å². The van der Waals surface area contributed by atoms with Crippen LogP contribution in [0.25, 0.3) is 0 Å². The molecule has 0 amide bonds. The summed E-state index contributed by atoms with van der Waals surface area (Å²) in [4.78, 5) is 5.17. The molecule has 0 fully saturated rings. The van der Waals surface area contributed by atoms with Crippen molar-refractivity contribution in [1.29, 1.82) is 0 Å². The minimum Gasteiger partial charge on any atom is -0.363 e. The maximum Gasteiger partial charge on any atom is 0.0526 e. The lowest BCUT2D eigenvalue weighted by Gasteiger charge is -2.24. The molecule has 1 unspecified atom stereocenters. The third-order valence-electron chi connectivity index (χ3n) is 3.59. The van der Waals surface area contributed by atoms with E-state index in [4.69, 9.17) is 5.73 Å². The summed E-state index contributed by atoms with van der Waals surface area (Å²) in [6.45, 7) is 3.96. The quantitative estimate of drug-likeness (QED) is 0.916. The molecule has 0 radical (unpaired) electrons. The molecule has 1 aliphatic heterocycles. The van der Waals surface area contributed by atoms with Crippen LogP contribution in [-0.2, 0) is 19.5 Å². The van der Waals surface area contributed by atoms with Crippen molar-refractivity contribution in [2.24, 2.45) is 5.73 Å². The average molecular weight is 258 g/mol. The number of benzene rings is 1. The first-order valence-electron chi connectivity index (χ1n) is 6.40. The Labute approximate surface area is 112 Å². The highest BCUT2D eigenvalue weighted by Crippen LogP contribution is 2.33. The van der Waals surface area contributed by atoms with Crippen molar-refractivity contribution in [3.63, 3.8) is 0 Å². The van der Waals surface area contributed by atoms with Crippen LogP contribution in [0.4, 0.5) is 5.69 Å². The molecule has 0 saturated heterocycles. The zero-order valence-electron chi connectivity index (χ0n) is 10.6. The van der Waals surface area contributed by atoms with Gasteiger partial charge >= 0.3 is 0 Å². The summed E-state index contributed by atoms with van der Waals surface area (Å²) >= 11 is 1.83. The fourth-order valence-electron chi connectivity index (χ4n) is 2.66. The topological polar surface area (TPSA) is 29.3 Å². The van der Waals surface area contributed by atoms with Crippen LogP contribution in [0.5, 0.6) is 0 Å². The Balaban J connectivity index is 1.84. The van der Waals surface area contributed by atoms with E-state index in [1.807, 2.05) is 11.3 Å². The second-order valence-electron chi connectivity index (χ2n) is 4.88. The SMILES string of the molecule is CC1Cc2ccccc2N1Cc1ccc(CN)s1. The molecule has 0 saturated carbocycles. The number of thiophene rings is 1. The highest BCUT2D eigenvalue weighted by molar-refractivity contribution is 7.12. The van der Waals surface area contributed by atoms with E-state index in [0.29, 0.717) is 12.6 Å². The standard InChI is InChI=1S/C15H18N2S/c1-11-8-12-4-2-3-5-15(12)17(11)10-14-7-6-13(9-16)18-14/h2-7,11H,8-10,16H2,1H3. The van der Waals surface area contributed by atoms with Crippen LogP contribution in [0.3, 0.4) is 0 Å². The molecule has 18 heavy (non-hydrogen) atoms. The molecule has 2 N–H and O–H groups in total. The first-order valence-corrected chi connectivity index (χ1v) is 7.22. The molecule has 1 atom stereocenters. The van der Waals surface area contributed by atoms with Gasteiger partial charge in [-0.15, -0.1) is 11.3 Å². The predicted molar refractivity (Wildman–Crippen MR) is 78.0 cm³/mol. The zero-order valence-corrected chi connectivity index (χ0v) is 11.4. The summed E-state index contributed by atoms with van der Waals surface area (Å²) < 4.78 is 0. The van der Waals surface area contributed by atoms with Gasteiger partial charge in [0.25, 0.3) is 0 Å². The van der Waals surface area contributed by atoms with Crippen LogP contribution in [0.1, 0.15) is 22.2 Å². The number of nitrogens with zero attached hydrogens (tertiary/aromatic N) is 1. The van der Waals surface area contributed by atoms with Crippen molar-refractivity contribution in [3.8, 4) is 0 Å². The number of hydrogen-bond donors (Lipinski definition) is 1. The Bertz CT molecular complexity index is 547. The molecule has 2 nitrogen and oxygen atoms in total. The Morgan fingerprint density at radius 1 is 1.22 bits per heavy atom. The van der Waals surface area contributed by atoms with Crippen LogP contribution in [-0.4, -0.2) is 6.04 Å². The molecular weight excluding hydrogens is 240 g/mol. The van der Waals surface area contributed by atoms with Crippen LogP contribution in [0.2, 0.25) is 0 Å². The van der Waals surface area contributed by atoms with Crippen molar-refractivity contribution >= 4 is 17.0 Å². The van der Waals surface area contributed by atoms with E-state index in [-0.39, 0.29) is 0 Å². The van der Waals surface area contributed by atoms with Gasteiger partial charge in [-0.3, -0.25) is 0 Å². The monoisotopic (exact) mass is 258 g/mol. The van der Waals surface area contributed by atoms with E-state index in [2.05, 4.69) is 48.2 Å². The number of nitrogens with two attached hydrogens (primary N) is 1. The third kappa shape index (κ3) is 2.04. The largest absolute Gasteiger partial charge is 0.363 e. The van der Waals surface area contributed by atoms with Crippen LogP contribution in [0.15, 0.2) is 36.4 Å². The number of rotatable bonds is 3. The van der Waals surface area contributed by atoms with E-state index in [1.54, 1.807) is 0 Å². The van der Waals surface area contributed by atoms with E-state index in [0.717, 1.165) is 13.0 Å². The van der Waals surface area contributed by atoms with Crippen LogP contribution < -0.4 is 10.6 Å². The number of para-hydroxylation sites is 1. The molecule has 2 heterocycles. The van der Waals surface area contributed by atoms with E-state index < -0.39 is 0 Å². The fraction of sp³-hybridized carbons (Fsp3) is 0.333. The molecule has 3 heteroatoms. The summed E-state index contributed by atoms with van der Waals surface area (Å²) in [7, 11) is 0. The molecule has 94 valence electrons. The maximum absolute atomic E-state index is 5.67. The van der Waals surface area contributed by atoms with Gasteiger partial charge in [-0.05, 0) is 37.1 Å². The van der Waals surface area contributed by atoms with Crippen molar-refractivity contribution in [2.75, 3.05) is 4.90 Å².